The van der Waals surface area contributed by atoms with Crippen LogP contribution in [0.2, 0.25) is 5.02 Å². The molecule has 0 saturated carbocycles. The number of benzene rings is 3. The zero-order chi connectivity index (χ0) is 31.0. The molecule has 0 heterocycles. The van der Waals surface area contributed by atoms with E-state index >= 15 is 0 Å². The Bertz CT molecular complexity index is 1500. The summed E-state index contributed by atoms with van der Waals surface area (Å²) in [5, 5.41) is 3.26. The summed E-state index contributed by atoms with van der Waals surface area (Å²) in [6.45, 7) is 4.59. The van der Waals surface area contributed by atoms with Gasteiger partial charge in [0, 0.05) is 23.7 Å². The van der Waals surface area contributed by atoms with E-state index < -0.39 is 40.2 Å². The normalized spacial score (nSPS) is 12.6. The summed E-state index contributed by atoms with van der Waals surface area (Å²) in [5.41, 5.74) is 0.626. The molecule has 2 atom stereocenters. The average molecular weight is 620 g/mol. The van der Waals surface area contributed by atoms with Crippen molar-refractivity contribution in [1.29, 1.82) is 0 Å². The highest BCUT2D eigenvalue weighted by atomic mass is 35.5. The molecule has 42 heavy (non-hydrogen) atoms. The molecule has 0 aromatic heterocycles. The summed E-state index contributed by atoms with van der Waals surface area (Å²) in [4.78, 5) is 28.2. The van der Waals surface area contributed by atoms with Gasteiger partial charge in [0.2, 0.25) is 11.8 Å². The van der Waals surface area contributed by atoms with Gasteiger partial charge in [-0.3, -0.25) is 13.9 Å². The maximum Gasteiger partial charge on any atom is 0.264 e. The highest BCUT2D eigenvalue weighted by Crippen LogP contribution is 2.32. The van der Waals surface area contributed by atoms with Crippen molar-refractivity contribution < 1.29 is 31.9 Å². The molecule has 0 aliphatic rings. The Kier molecular flexibility index (Phi) is 11.2. The van der Waals surface area contributed by atoms with Crippen molar-refractivity contribution in [2.45, 2.75) is 50.7 Å². The van der Waals surface area contributed by atoms with Crippen LogP contribution in [-0.4, -0.2) is 58.0 Å². The van der Waals surface area contributed by atoms with E-state index in [4.69, 9.17) is 21.1 Å². The van der Waals surface area contributed by atoms with E-state index in [1.807, 2.05) is 13.8 Å². The summed E-state index contributed by atoms with van der Waals surface area (Å²) in [5.74, 6) is -1.17. The molecule has 0 saturated heterocycles. The molecular weight excluding hydrogens is 585 g/mol. The summed E-state index contributed by atoms with van der Waals surface area (Å²) in [6.07, 6.45) is 0.679. The molecule has 3 aromatic carbocycles. The SMILES string of the molecule is CC[C@H](C)NC(=O)[C@H](C)N(Cc1ccccc1Cl)C(=O)CN(c1ccc(F)cc1)S(=O)(=O)c1ccc(OC)c(OC)c1. The van der Waals surface area contributed by atoms with Crippen molar-refractivity contribution in [3.05, 3.63) is 83.1 Å². The first-order chi connectivity index (χ1) is 19.9. The molecule has 0 aliphatic heterocycles. The predicted octanol–water partition coefficient (Wildman–Crippen LogP) is 5.02. The Balaban J connectivity index is 2.07. The molecule has 0 aliphatic carbocycles. The minimum atomic E-state index is -4.40. The van der Waals surface area contributed by atoms with E-state index in [2.05, 4.69) is 5.32 Å². The highest BCUT2D eigenvalue weighted by Gasteiger charge is 2.33. The molecule has 0 unspecified atom stereocenters. The number of amides is 2. The van der Waals surface area contributed by atoms with E-state index in [9.17, 15) is 22.4 Å². The van der Waals surface area contributed by atoms with Gasteiger partial charge in [0.1, 0.15) is 18.4 Å². The van der Waals surface area contributed by atoms with Crippen LogP contribution in [0.15, 0.2) is 71.6 Å². The van der Waals surface area contributed by atoms with Crippen LogP contribution in [0.4, 0.5) is 10.1 Å². The molecule has 0 radical (unpaired) electrons. The average Bonchev–Trinajstić information content (AvgIpc) is 2.98. The third-order valence-corrected chi connectivity index (χ3v) is 8.94. The number of carbonyl (C=O) groups is 2. The van der Waals surface area contributed by atoms with Crippen molar-refractivity contribution in [1.82, 2.24) is 10.2 Å². The van der Waals surface area contributed by atoms with Crippen molar-refractivity contribution in [3.8, 4) is 11.5 Å². The van der Waals surface area contributed by atoms with Crippen LogP contribution in [0.3, 0.4) is 0 Å². The van der Waals surface area contributed by atoms with Crippen LogP contribution in [0, 0.1) is 5.82 Å². The van der Waals surface area contributed by atoms with E-state index in [1.165, 1.54) is 49.5 Å². The molecule has 12 heteroatoms. The minimum absolute atomic E-state index is 0.0499. The van der Waals surface area contributed by atoms with Crippen LogP contribution in [-0.2, 0) is 26.2 Å². The molecule has 0 spiro atoms. The molecule has 0 fully saturated rings. The number of methoxy groups -OCH3 is 2. The van der Waals surface area contributed by atoms with Gasteiger partial charge in [-0.25, -0.2) is 12.8 Å². The number of sulfonamides is 1. The van der Waals surface area contributed by atoms with Gasteiger partial charge in [-0.15, -0.1) is 0 Å². The number of halogens is 2. The van der Waals surface area contributed by atoms with Crippen LogP contribution in [0.25, 0.3) is 0 Å². The van der Waals surface area contributed by atoms with Crippen molar-refractivity contribution in [2.24, 2.45) is 0 Å². The predicted molar refractivity (Wildman–Crippen MR) is 160 cm³/mol. The second kappa shape index (κ2) is 14.4. The van der Waals surface area contributed by atoms with Gasteiger partial charge >= 0.3 is 0 Å². The van der Waals surface area contributed by atoms with Gasteiger partial charge in [0.05, 0.1) is 24.8 Å². The van der Waals surface area contributed by atoms with Gasteiger partial charge in [-0.1, -0.05) is 36.7 Å². The van der Waals surface area contributed by atoms with Crippen LogP contribution in [0.1, 0.15) is 32.8 Å². The topological polar surface area (TPSA) is 105 Å². The summed E-state index contributed by atoms with van der Waals surface area (Å²) >= 11 is 6.38. The second-order valence-corrected chi connectivity index (χ2v) is 11.9. The van der Waals surface area contributed by atoms with Crippen LogP contribution < -0.4 is 19.1 Å². The Hall–Kier alpha value is -3.83. The number of hydrogen-bond acceptors (Lipinski definition) is 6. The maximum absolute atomic E-state index is 14.0. The largest absolute Gasteiger partial charge is 0.493 e. The molecule has 2 amide bonds. The lowest BCUT2D eigenvalue weighted by molar-refractivity contribution is -0.139. The van der Waals surface area contributed by atoms with Gasteiger partial charge < -0.3 is 19.7 Å². The van der Waals surface area contributed by atoms with E-state index in [1.54, 1.807) is 31.2 Å². The summed E-state index contributed by atoms with van der Waals surface area (Å²) in [6, 6.07) is 14.5. The standard InChI is InChI=1S/C30H35ClFN3O6S/c1-6-20(2)33-30(37)21(3)34(18-22-9-7-8-10-26(22)31)29(36)19-35(24-13-11-23(32)12-14-24)42(38,39)25-15-16-27(40-4)28(17-25)41-5/h7-17,20-21H,6,18-19H2,1-5H3,(H,33,37)/t20-,21-/m0/s1. The fraction of sp³-hybridized carbons (Fsp3) is 0.333. The van der Waals surface area contributed by atoms with Gasteiger partial charge in [0.25, 0.3) is 10.0 Å². The Morgan fingerprint density at radius 3 is 2.21 bits per heavy atom. The molecule has 1 N–H and O–H groups in total. The van der Waals surface area contributed by atoms with Gasteiger partial charge in [-0.2, -0.15) is 0 Å². The molecule has 3 rings (SSSR count). The first-order valence-electron chi connectivity index (χ1n) is 13.3. The first kappa shape index (κ1) is 32.7. The zero-order valence-electron chi connectivity index (χ0n) is 24.1. The number of anilines is 1. The lowest BCUT2D eigenvalue weighted by Gasteiger charge is -2.32. The highest BCUT2D eigenvalue weighted by molar-refractivity contribution is 7.92. The quantitative estimate of drug-likeness (QED) is 0.288. The number of nitrogens with zero attached hydrogens (tertiary/aromatic N) is 2. The molecular formula is C30H35ClFN3O6S. The molecule has 9 nitrogen and oxygen atoms in total. The first-order valence-corrected chi connectivity index (χ1v) is 15.1. The van der Waals surface area contributed by atoms with Crippen molar-refractivity contribution in [2.75, 3.05) is 25.1 Å². The van der Waals surface area contributed by atoms with Crippen LogP contribution >= 0.6 is 11.6 Å². The smallest absolute Gasteiger partial charge is 0.264 e. The van der Waals surface area contributed by atoms with E-state index in [0.29, 0.717) is 22.8 Å². The van der Waals surface area contributed by atoms with Gasteiger partial charge in [0.15, 0.2) is 11.5 Å². The maximum atomic E-state index is 14.0. The lowest BCUT2D eigenvalue weighted by Crippen LogP contribution is -2.52. The third kappa shape index (κ3) is 7.71. The van der Waals surface area contributed by atoms with E-state index in [0.717, 1.165) is 16.4 Å². The number of carbonyl (C=O) groups excluding carboxylic acids is 2. The fourth-order valence-corrected chi connectivity index (χ4v) is 5.72. The van der Waals surface area contributed by atoms with Crippen LogP contribution in [0.5, 0.6) is 11.5 Å². The number of ether oxygens (including phenoxy) is 2. The van der Waals surface area contributed by atoms with E-state index in [-0.39, 0.29) is 28.9 Å². The molecule has 0 bridgehead atoms. The summed E-state index contributed by atoms with van der Waals surface area (Å²) < 4.78 is 53.2. The Morgan fingerprint density at radius 1 is 0.976 bits per heavy atom. The zero-order valence-corrected chi connectivity index (χ0v) is 25.7. The second-order valence-electron chi connectivity index (χ2n) is 9.61. The Labute approximate surface area is 251 Å². The monoisotopic (exact) mass is 619 g/mol. The minimum Gasteiger partial charge on any atom is -0.493 e. The fourth-order valence-electron chi connectivity index (χ4n) is 4.10. The van der Waals surface area contributed by atoms with Gasteiger partial charge in [-0.05, 0) is 68.3 Å². The number of hydrogen-bond donors (Lipinski definition) is 1. The number of nitrogens with one attached hydrogen (secondary N) is 1. The van der Waals surface area contributed by atoms with Crippen molar-refractivity contribution >= 4 is 39.1 Å². The molecule has 3 aromatic rings. The lowest BCUT2D eigenvalue weighted by atomic mass is 10.1. The third-order valence-electron chi connectivity index (χ3n) is 6.80. The summed E-state index contributed by atoms with van der Waals surface area (Å²) in [7, 11) is -1.61. The molecule has 226 valence electrons. The Morgan fingerprint density at radius 2 is 1.62 bits per heavy atom. The number of rotatable bonds is 13. The van der Waals surface area contributed by atoms with Crippen molar-refractivity contribution in [3.63, 3.8) is 0 Å².